The maximum Gasteiger partial charge on any atom is 0.148 e. The number of imidazole rings is 1. The summed E-state index contributed by atoms with van der Waals surface area (Å²) in [5.41, 5.74) is 2.07. The number of aryl methyl sites for hydroxylation is 1. The Labute approximate surface area is 125 Å². The highest BCUT2D eigenvalue weighted by molar-refractivity contribution is 7.90. The molecule has 6 heteroatoms. The predicted octanol–water partition coefficient (Wildman–Crippen LogP) is 1.70. The molecular formula is C15H21N3O2S. The van der Waals surface area contributed by atoms with E-state index in [1.165, 1.54) is 6.26 Å². The molecule has 1 N–H and O–H groups in total. The lowest BCUT2D eigenvalue weighted by atomic mass is 10.3. The summed E-state index contributed by atoms with van der Waals surface area (Å²) in [4.78, 5) is 4.35. The molecule has 1 heterocycles. The van der Waals surface area contributed by atoms with E-state index in [1.54, 1.807) is 0 Å². The number of nitrogens with zero attached hydrogens (tertiary/aromatic N) is 2. The lowest BCUT2D eigenvalue weighted by molar-refractivity contribution is 0.553. The van der Waals surface area contributed by atoms with Gasteiger partial charge < -0.3 is 5.32 Å². The van der Waals surface area contributed by atoms with Gasteiger partial charge in [0.1, 0.15) is 15.7 Å². The minimum Gasteiger partial charge on any atom is -0.308 e. The van der Waals surface area contributed by atoms with Crippen molar-refractivity contribution in [1.29, 1.82) is 0 Å². The Hall–Kier alpha value is -1.66. The Kier molecular flexibility index (Phi) is 4.80. The van der Waals surface area contributed by atoms with Crippen LogP contribution in [0, 0.1) is 6.92 Å². The van der Waals surface area contributed by atoms with E-state index in [4.69, 9.17) is 0 Å². The predicted molar refractivity (Wildman–Crippen MR) is 84.3 cm³/mol. The van der Waals surface area contributed by atoms with Crippen molar-refractivity contribution in [3.8, 4) is 5.69 Å². The Bertz CT molecular complexity index is 693. The van der Waals surface area contributed by atoms with Crippen molar-refractivity contribution in [3.63, 3.8) is 0 Å². The van der Waals surface area contributed by atoms with E-state index >= 15 is 0 Å². The number of benzene rings is 1. The molecule has 1 aromatic heterocycles. The highest BCUT2D eigenvalue weighted by atomic mass is 32.2. The van der Waals surface area contributed by atoms with E-state index < -0.39 is 9.84 Å². The van der Waals surface area contributed by atoms with Crippen LogP contribution in [0.5, 0.6) is 0 Å². The largest absolute Gasteiger partial charge is 0.308 e. The molecule has 2 aromatic rings. The molecule has 0 aliphatic carbocycles. The molecule has 0 spiro atoms. The standard InChI is InChI=1S/C15H21N3O2S/c1-12(11-21(3,19)20)16-9-15-10-17-13(2)18(15)14-7-5-4-6-8-14/h4-8,10,12,16H,9,11H2,1-3H3. The summed E-state index contributed by atoms with van der Waals surface area (Å²) in [6.45, 7) is 4.40. The molecule has 21 heavy (non-hydrogen) atoms. The molecule has 2 rings (SSSR count). The van der Waals surface area contributed by atoms with Gasteiger partial charge in [0.25, 0.3) is 0 Å². The average Bonchev–Trinajstić information content (AvgIpc) is 2.76. The Morgan fingerprint density at radius 2 is 1.95 bits per heavy atom. The number of para-hydroxylation sites is 1. The molecule has 0 fully saturated rings. The number of nitrogens with one attached hydrogen (secondary N) is 1. The molecule has 5 nitrogen and oxygen atoms in total. The number of aromatic nitrogens is 2. The second-order valence-corrected chi connectivity index (χ2v) is 7.53. The molecule has 0 bridgehead atoms. The molecule has 1 unspecified atom stereocenters. The third kappa shape index (κ3) is 4.41. The van der Waals surface area contributed by atoms with Crippen LogP contribution in [-0.4, -0.2) is 36.0 Å². The molecule has 0 aliphatic rings. The Morgan fingerprint density at radius 1 is 1.29 bits per heavy atom. The molecule has 0 saturated heterocycles. The van der Waals surface area contributed by atoms with E-state index in [1.807, 2.05) is 50.4 Å². The quantitative estimate of drug-likeness (QED) is 0.882. The van der Waals surface area contributed by atoms with Gasteiger partial charge >= 0.3 is 0 Å². The SMILES string of the molecule is Cc1ncc(CNC(C)CS(C)(=O)=O)n1-c1ccccc1. The van der Waals surface area contributed by atoms with Gasteiger partial charge in [0.2, 0.25) is 0 Å². The Balaban J connectivity index is 2.12. The molecule has 0 aliphatic heterocycles. The zero-order chi connectivity index (χ0) is 15.5. The molecule has 1 aromatic carbocycles. The molecule has 1 atom stereocenters. The lowest BCUT2D eigenvalue weighted by Gasteiger charge is -2.15. The first-order valence-electron chi connectivity index (χ1n) is 6.86. The van der Waals surface area contributed by atoms with Crippen molar-refractivity contribution in [2.24, 2.45) is 0 Å². The minimum atomic E-state index is -2.97. The second kappa shape index (κ2) is 6.41. The topological polar surface area (TPSA) is 64.0 Å². The van der Waals surface area contributed by atoms with Crippen LogP contribution in [0.4, 0.5) is 0 Å². The first-order valence-corrected chi connectivity index (χ1v) is 8.92. The van der Waals surface area contributed by atoms with Gasteiger partial charge in [-0.1, -0.05) is 18.2 Å². The molecular weight excluding hydrogens is 286 g/mol. The summed E-state index contributed by atoms with van der Waals surface area (Å²) >= 11 is 0. The van der Waals surface area contributed by atoms with Crippen molar-refractivity contribution < 1.29 is 8.42 Å². The van der Waals surface area contributed by atoms with E-state index in [9.17, 15) is 8.42 Å². The van der Waals surface area contributed by atoms with E-state index in [2.05, 4.69) is 14.9 Å². The summed E-state index contributed by atoms with van der Waals surface area (Å²) in [5, 5.41) is 3.24. The highest BCUT2D eigenvalue weighted by Crippen LogP contribution is 2.14. The number of sulfone groups is 1. The fourth-order valence-electron chi connectivity index (χ4n) is 2.34. The lowest BCUT2D eigenvalue weighted by Crippen LogP contribution is -2.32. The van der Waals surface area contributed by atoms with Crippen LogP contribution in [0.1, 0.15) is 18.4 Å². The van der Waals surface area contributed by atoms with Gasteiger partial charge in [-0.15, -0.1) is 0 Å². The van der Waals surface area contributed by atoms with Gasteiger partial charge in [0.15, 0.2) is 0 Å². The van der Waals surface area contributed by atoms with Crippen molar-refractivity contribution in [1.82, 2.24) is 14.9 Å². The van der Waals surface area contributed by atoms with Crippen molar-refractivity contribution >= 4 is 9.84 Å². The number of hydrogen-bond donors (Lipinski definition) is 1. The highest BCUT2D eigenvalue weighted by Gasteiger charge is 2.12. The second-order valence-electron chi connectivity index (χ2n) is 5.34. The minimum absolute atomic E-state index is 0.0978. The van der Waals surface area contributed by atoms with Crippen LogP contribution in [0.3, 0.4) is 0 Å². The van der Waals surface area contributed by atoms with Gasteiger partial charge in [-0.2, -0.15) is 0 Å². The van der Waals surface area contributed by atoms with Gasteiger partial charge in [0, 0.05) is 24.5 Å². The first-order chi connectivity index (χ1) is 9.87. The van der Waals surface area contributed by atoms with E-state index in [0.717, 1.165) is 17.2 Å². The van der Waals surface area contributed by atoms with Crippen LogP contribution < -0.4 is 5.32 Å². The van der Waals surface area contributed by atoms with E-state index in [-0.39, 0.29) is 11.8 Å². The third-order valence-electron chi connectivity index (χ3n) is 3.21. The first kappa shape index (κ1) is 15.7. The molecule has 0 amide bonds. The van der Waals surface area contributed by atoms with Crippen molar-refractivity contribution in [3.05, 3.63) is 48.0 Å². The van der Waals surface area contributed by atoms with Crippen LogP contribution in [0.25, 0.3) is 5.69 Å². The summed E-state index contributed by atoms with van der Waals surface area (Å²) in [6.07, 6.45) is 3.08. The number of rotatable bonds is 6. The number of hydrogen-bond acceptors (Lipinski definition) is 4. The van der Waals surface area contributed by atoms with Crippen LogP contribution in [-0.2, 0) is 16.4 Å². The van der Waals surface area contributed by atoms with Gasteiger partial charge in [-0.3, -0.25) is 4.57 Å². The molecule has 114 valence electrons. The zero-order valence-corrected chi connectivity index (χ0v) is 13.4. The normalized spacial score (nSPS) is 13.3. The maximum atomic E-state index is 11.3. The van der Waals surface area contributed by atoms with Gasteiger partial charge in [0.05, 0.1) is 17.6 Å². The third-order valence-corrected chi connectivity index (χ3v) is 4.32. The van der Waals surface area contributed by atoms with Crippen LogP contribution in [0.2, 0.25) is 0 Å². The summed E-state index contributed by atoms with van der Waals surface area (Å²) in [6, 6.07) is 9.90. The van der Waals surface area contributed by atoms with Crippen LogP contribution >= 0.6 is 0 Å². The zero-order valence-electron chi connectivity index (χ0n) is 12.6. The van der Waals surface area contributed by atoms with Crippen molar-refractivity contribution in [2.75, 3.05) is 12.0 Å². The van der Waals surface area contributed by atoms with Crippen molar-refractivity contribution in [2.45, 2.75) is 26.4 Å². The molecule has 0 radical (unpaired) electrons. The smallest absolute Gasteiger partial charge is 0.148 e. The molecule has 0 saturated carbocycles. The fourth-order valence-corrected chi connectivity index (χ4v) is 3.36. The summed E-state index contributed by atoms with van der Waals surface area (Å²) in [5.74, 6) is 1.04. The summed E-state index contributed by atoms with van der Waals surface area (Å²) in [7, 11) is -2.97. The monoisotopic (exact) mass is 307 g/mol. The summed E-state index contributed by atoms with van der Waals surface area (Å²) < 4.78 is 24.6. The van der Waals surface area contributed by atoms with E-state index in [0.29, 0.717) is 6.54 Å². The fraction of sp³-hybridized carbons (Fsp3) is 0.400. The Morgan fingerprint density at radius 3 is 2.57 bits per heavy atom. The van der Waals surface area contributed by atoms with Gasteiger partial charge in [-0.25, -0.2) is 13.4 Å². The maximum absolute atomic E-state index is 11.3. The van der Waals surface area contributed by atoms with Crippen LogP contribution in [0.15, 0.2) is 36.5 Å². The van der Waals surface area contributed by atoms with Gasteiger partial charge in [-0.05, 0) is 26.0 Å². The average molecular weight is 307 g/mol.